The molecule has 21 heavy (non-hydrogen) atoms. The first kappa shape index (κ1) is 13.0. The second-order valence-corrected chi connectivity index (χ2v) is 5.05. The molecule has 0 radical (unpaired) electrons. The van der Waals surface area contributed by atoms with Gasteiger partial charge in [-0.2, -0.15) is 10.4 Å². The Balaban J connectivity index is 2.22. The quantitative estimate of drug-likeness (QED) is 0.785. The highest BCUT2D eigenvalue weighted by atomic mass is 15.1. The van der Waals surface area contributed by atoms with Crippen LogP contribution in [0.4, 0.5) is 0 Å². The third kappa shape index (κ3) is 1.96. The number of nitriles is 1. The van der Waals surface area contributed by atoms with Gasteiger partial charge in [-0.3, -0.25) is 5.10 Å². The first-order chi connectivity index (χ1) is 10.2. The number of benzene rings is 1. The van der Waals surface area contributed by atoms with Crippen molar-refractivity contribution in [1.29, 1.82) is 5.26 Å². The number of nitrogens with one attached hydrogen (secondary N) is 2. The van der Waals surface area contributed by atoms with E-state index in [9.17, 15) is 5.26 Å². The van der Waals surface area contributed by atoms with E-state index in [0.717, 1.165) is 27.9 Å². The molecule has 5 heteroatoms. The summed E-state index contributed by atoms with van der Waals surface area (Å²) in [6.45, 7) is 11.2. The van der Waals surface area contributed by atoms with Crippen LogP contribution in [0, 0.1) is 17.9 Å². The molecule has 2 aromatic rings. The molecule has 0 saturated heterocycles. The summed E-state index contributed by atoms with van der Waals surface area (Å²) in [6, 6.07) is 8.10. The third-order valence-electron chi connectivity index (χ3n) is 3.76. The molecule has 2 N–H and O–H groups in total. The lowest BCUT2D eigenvalue weighted by atomic mass is 9.84. The van der Waals surface area contributed by atoms with Crippen LogP contribution < -0.4 is 5.32 Å². The third-order valence-corrected chi connectivity index (χ3v) is 3.76. The Hall–Kier alpha value is -3.05. The van der Waals surface area contributed by atoms with Gasteiger partial charge in [-0.05, 0) is 31.5 Å². The lowest BCUT2D eigenvalue weighted by Crippen LogP contribution is -2.22. The number of aromatic amines is 1. The molecule has 1 atom stereocenters. The summed E-state index contributed by atoms with van der Waals surface area (Å²) in [5.41, 5.74) is 4.65. The van der Waals surface area contributed by atoms with E-state index in [1.807, 2.05) is 32.0 Å². The zero-order valence-corrected chi connectivity index (χ0v) is 11.7. The van der Waals surface area contributed by atoms with Crippen LogP contribution in [0.1, 0.15) is 25.3 Å². The molecule has 3 rings (SSSR count). The van der Waals surface area contributed by atoms with Gasteiger partial charge < -0.3 is 5.32 Å². The summed E-state index contributed by atoms with van der Waals surface area (Å²) in [5, 5.41) is 20.5. The molecule has 102 valence electrons. The van der Waals surface area contributed by atoms with Crippen molar-refractivity contribution in [3.8, 4) is 6.07 Å². The summed E-state index contributed by atoms with van der Waals surface area (Å²) in [4.78, 5) is 3.65. The summed E-state index contributed by atoms with van der Waals surface area (Å²) >= 11 is 0. The van der Waals surface area contributed by atoms with E-state index in [2.05, 4.69) is 26.4 Å². The molecular weight excluding hydrogens is 262 g/mol. The highest BCUT2D eigenvalue weighted by Crippen LogP contribution is 2.38. The topological polar surface area (TPSA) is 68.9 Å². The zero-order chi connectivity index (χ0) is 15.0. The zero-order valence-electron chi connectivity index (χ0n) is 11.7. The molecule has 0 spiro atoms. The largest absolute Gasteiger partial charge is 0.372 e. The number of hydrogen-bond donors (Lipinski definition) is 2. The molecule has 0 bridgehead atoms. The fourth-order valence-electron chi connectivity index (χ4n) is 2.74. The van der Waals surface area contributed by atoms with Crippen LogP contribution in [-0.2, 0) is 0 Å². The van der Waals surface area contributed by atoms with Gasteiger partial charge in [0, 0.05) is 16.8 Å². The fourth-order valence-corrected chi connectivity index (χ4v) is 2.74. The van der Waals surface area contributed by atoms with E-state index in [4.69, 9.17) is 6.57 Å². The molecular formula is C16H13N5. The average molecular weight is 275 g/mol. The predicted octanol–water partition coefficient (Wildman–Crippen LogP) is 3.20. The smallest absolute Gasteiger partial charge is 0.196 e. The molecule has 0 aliphatic carbocycles. The van der Waals surface area contributed by atoms with Gasteiger partial charge in [-0.15, -0.1) is 0 Å². The minimum Gasteiger partial charge on any atom is -0.372 e. The number of hydrogen-bond acceptors (Lipinski definition) is 3. The van der Waals surface area contributed by atoms with Gasteiger partial charge in [-0.25, -0.2) is 4.85 Å². The SMILES string of the molecule is [C-]#[N+]C1=C(C)NC(C)=C(C#N)C1c1ccc2[nH]ncc2c1. The summed E-state index contributed by atoms with van der Waals surface area (Å²) in [5.74, 6) is -0.312. The van der Waals surface area contributed by atoms with Gasteiger partial charge in [0.15, 0.2) is 5.70 Å². The Bertz CT molecular complexity index is 834. The first-order valence-electron chi connectivity index (χ1n) is 6.55. The van der Waals surface area contributed by atoms with Gasteiger partial charge in [0.2, 0.25) is 0 Å². The standard InChI is InChI=1S/C16H13N5/c1-9-13(7-17)15(16(18-3)10(2)20-9)11-4-5-14-12(6-11)8-19-21-14/h4-6,8,15,20H,1-2H3,(H,19,21). The second-order valence-electron chi connectivity index (χ2n) is 5.05. The summed E-state index contributed by atoms with van der Waals surface area (Å²) in [6.07, 6.45) is 1.75. The Morgan fingerprint density at radius 3 is 2.86 bits per heavy atom. The van der Waals surface area contributed by atoms with Crippen molar-refractivity contribution in [2.24, 2.45) is 0 Å². The highest BCUT2D eigenvalue weighted by Gasteiger charge is 2.30. The van der Waals surface area contributed by atoms with E-state index >= 15 is 0 Å². The van der Waals surface area contributed by atoms with E-state index in [1.165, 1.54) is 0 Å². The average Bonchev–Trinajstić information content (AvgIpc) is 2.93. The number of rotatable bonds is 1. The second kappa shape index (κ2) is 4.81. The van der Waals surface area contributed by atoms with E-state index in [0.29, 0.717) is 11.3 Å². The molecule has 1 aliphatic heterocycles. The van der Waals surface area contributed by atoms with Crippen molar-refractivity contribution in [3.63, 3.8) is 0 Å². The molecule has 1 unspecified atom stereocenters. The number of allylic oxidation sites excluding steroid dienone is 3. The molecule has 1 aliphatic rings. The molecule has 0 saturated carbocycles. The molecule has 0 amide bonds. The summed E-state index contributed by atoms with van der Waals surface area (Å²) < 4.78 is 0. The molecule has 0 fully saturated rings. The monoisotopic (exact) mass is 275 g/mol. The highest BCUT2D eigenvalue weighted by molar-refractivity contribution is 5.79. The number of H-pyrrole nitrogens is 1. The van der Waals surface area contributed by atoms with Crippen molar-refractivity contribution >= 4 is 10.9 Å². The van der Waals surface area contributed by atoms with Crippen LogP contribution in [0.15, 0.2) is 47.1 Å². The Morgan fingerprint density at radius 1 is 1.33 bits per heavy atom. The van der Waals surface area contributed by atoms with Crippen LogP contribution >= 0.6 is 0 Å². The number of aromatic nitrogens is 2. The van der Waals surface area contributed by atoms with E-state index < -0.39 is 0 Å². The summed E-state index contributed by atoms with van der Waals surface area (Å²) in [7, 11) is 0. The molecule has 2 heterocycles. The first-order valence-corrected chi connectivity index (χ1v) is 6.55. The molecule has 1 aromatic carbocycles. The van der Waals surface area contributed by atoms with E-state index in [-0.39, 0.29) is 5.92 Å². The van der Waals surface area contributed by atoms with Crippen LogP contribution in [0.25, 0.3) is 15.7 Å². The maximum Gasteiger partial charge on any atom is 0.196 e. The van der Waals surface area contributed by atoms with Crippen molar-refractivity contribution in [2.45, 2.75) is 19.8 Å². The number of dihydropyridines is 1. The van der Waals surface area contributed by atoms with Gasteiger partial charge in [0.25, 0.3) is 0 Å². The van der Waals surface area contributed by atoms with Crippen molar-refractivity contribution < 1.29 is 0 Å². The van der Waals surface area contributed by atoms with Crippen LogP contribution in [0.3, 0.4) is 0 Å². The van der Waals surface area contributed by atoms with Gasteiger partial charge in [0.05, 0.1) is 35.8 Å². The normalized spacial score (nSPS) is 18.4. The predicted molar refractivity (Wildman–Crippen MR) is 79.6 cm³/mol. The van der Waals surface area contributed by atoms with Gasteiger partial charge in [0.1, 0.15) is 0 Å². The van der Waals surface area contributed by atoms with Crippen LogP contribution in [0.5, 0.6) is 0 Å². The number of nitrogens with zero attached hydrogens (tertiary/aromatic N) is 3. The van der Waals surface area contributed by atoms with Crippen molar-refractivity contribution in [2.75, 3.05) is 0 Å². The lowest BCUT2D eigenvalue weighted by molar-refractivity contribution is 0.811. The Labute approximate surface area is 122 Å². The van der Waals surface area contributed by atoms with Crippen molar-refractivity contribution in [3.05, 3.63) is 64.0 Å². The van der Waals surface area contributed by atoms with Crippen molar-refractivity contribution in [1.82, 2.24) is 15.5 Å². The maximum absolute atomic E-state index is 9.47. The Kier molecular flexibility index (Phi) is 2.97. The minimum atomic E-state index is -0.312. The van der Waals surface area contributed by atoms with Gasteiger partial charge >= 0.3 is 0 Å². The maximum atomic E-state index is 9.47. The van der Waals surface area contributed by atoms with E-state index in [1.54, 1.807) is 6.20 Å². The van der Waals surface area contributed by atoms with Crippen LogP contribution in [-0.4, -0.2) is 10.2 Å². The minimum absolute atomic E-state index is 0.312. The molecule has 1 aromatic heterocycles. The number of fused-ring (bicyclic) bond motifs is 1. The Morgan fingerprint density at radius 2 is 2.14 bits per heavy atom. The van der Waals surface area contributed by atoms with Gasteiger partial charge in [-0.1, -0.05) is 6.07 Å². The fraction of sp³-hybridized carbons (Fsp3) is 0.188. The lowest BCUT2D eigenvalue weighted by Gasteiger charge is -2.26. The van der Waals surface area contributed by atoms with Crippen LogP contribution in [0.2, 0.25) is 0 Å². The molecule has 5 nitrogen and oxygen atoms in total.